The molecule has 1 N–H and O–H groups in total. The van der Waals surface area contributed by atoms with Gasteiger partial charge in [-0.1, -0.05) is 6.92 Å². The first-order valence-electron chi connectivity index (χ1n) is 6.03. The second kappa shape index (κ2) is 8.06. The van der Waals surface area contributed by atoms with Crippen molar-refractivity contribution in [2.75, 3.05) is 19.7 Å². The maximum absolute atomic E-state index is 13.1. The number of nitro benzene ring substituents is 1. The van der Waals surface area contributed by atoms with E-state index >= 15 is 0 Å². The summed E-state index contributed by atoms with van der Waals surface area (Å²) in [7, 11) is 0. The molecule has 0 saturated carbocycles. The highest BCUT2D eigenvalue weighted by Gasteiger charge is 2.20. The lowest BCUT2D eigenvalue weighted by atomic mass is 10.3. The van der Waals surface area contributed by atoms with Gasteiger partial charge < -0.3 is 10.1 Å². The van der Waals surface area contributed by atoms with Crippen molar-refractivity contribution >= 4 is 21.6 Å². The molecule has 7 heteroatoms. The van der Waals surface area contributed by atoms with Crippen LogP contribution in [-0.2, 0) is 0 Å². The van der Waals surface area contributed by atoms with Crippen molar-refractivity contribution in [1.82, 2.24) is 5.32 Å². The Labute approximate surface area is 119 Å². The summed E-state index contributed by atoms with van der Waals surface area (Å²) in [6.45, 7) is 4.12. The van der Waals surface area contributed by atoms with Gasteiger partial charge in [0, 0.05) is 0 Å². The number of halogens is 2. The maximum Gasteiger partial charge on any atom is 0.315 e. The molecule has 0 amide bonds. The Morgan fingerprint density at radius 1 is 1.47 bits per heavy atom. The molecule has 0 bridgehead atoms. The van der Waals surface area contributed by atoms with Crippen molar-refractivity contribution in [1.29, 1.82) is 0 Å². The Morgan fingerprint density at radius 2 is 2.21 bits per heavy atom. The van der Waals surface area contributed by atoms with Gasteiger partial charge >= 0.3 is 5.69 Å². The predicted octanol–water partition coefficient (Wildman–Crippen LogP) is 3.26. The van der Waals surface area contributed by atoms with Crippen molar-refractivity contribution in [3.05, 3.63) is 32.5 Å². The topological polar surface area (TPSA) is 64.4 Å². The Hall–Kier alpha value is -1.21. The van der Waals surface area contributed by atoms with Gasteiger partial charge in [0.15, 0.2) is 0 Å². The fourth-order valence-corrected chi connectivity index (χ4v) is 2.03. The van der Waals surface area contributed by atoms with Crippen LogP contribution >= 0.6 is 15.9 Å². The minimum absolute atomic E-state index is 0.0712. The van der Waals surface area contributed by atoms with Crippen molar-refractivity contribution in [2.45, 2.75) is 19.8 Å². The van der Waals surface area contributed by atoms with Gasteiger partial charge in [0.2, 0.25) is 5.75 Å². The van der Waals surface area contributed by atoms with Gasteiger partial charge in [-0.3, -0.25) is 10.1 Å². The van der Waals surface area contributed by atoms with Crippen molar-refractivity contribution in [3.63, 3.8) is 0 Å². The summed E-state index contributed by atoms with van der Waals surface area (Å²) < 4.78 is 18.7. The number of hydrogen-bond acceptors (Lipinski definition) is 4. The van der Waals surface area contributed by atoms with Crippen LogP contribution in [0, 0.1) is 15.9 Å². The molecule has 5 nitrogen and oxygen atoms in total. The number of nitrogens with zero attached hydrogens (tertiary/aromatic N) is 1. The minimum atomic E-state index is -0.671. The molecule has 0 aliphatic rings. The Bertz CT molecular complexity index is 443. The summed E-state index contributed by atoms with van der Waals surface area (Å²) in [5.41, 5.74) is -0.367. The van der Waals surface area contributed by atoms with Gasteiger partial charge in [0.1, 0.15) is 5.82 Å². The van der Waals surface area contributed by atoms with E-state index in [0.29, 0.717) is 6.61 Å². The minimum Gasteiger partial charge on any atom is -0.486 e. The lowest BCUT2D eigenvalue weighted by Gasteiger charge is -2.09. The van der Waals surface area contributed by atoms with E-state index < -0.39 is 10.7 Å². The van der Waals surface area contributed by atoms with Gasteiger partial charge in [-0.2, -0.15) is 0 Å². The monoisotopic (exact) mass is 334 g/mol. The van der Waals surface area contributed by atoms with E-state index in [1.54, 1.807) is 0 Å². The number of hydrogen-bond donors (Lipinski definition) is 1. The van der Waals surface area contributed by atoms with Crippen LogP contribution in [0.5, 0.6) is 5.75 Å². The molecule has 0 unspecified atom stereocenters. The first kappa shape index (κ1) is 15.8. The van der Waals surface area contributed by atoms with Crippen LogP contribution in [0.1, 0.15) is 19.8 Å². The zero-order valence-corrected chi connectivity index (χ0v) is 12.2. The van der Waals surface area contributed by atoms with Crippen molar-refractivity contribution in [2.24, 2.45) is 0 Å². The molecule has 0 aliphatic carbocycles. The largest absolute Gasteiger partial charge is 0.486 e. The number of rotatable bonds is 8. The van der Waals surface area contributed by atoms with Crippen LogP contribution in [0.3, 0.4) is 0 Å². The Balaban J connectivity index is 2.59. The standard InChI is InChI=1S/C12H16BrFN2O3/c1-2-4-15-5-3-6-19-12-10(13)7-9(14)8-11(12)16(17)18/h7-8,15H,2-6H2,1H3. The van der Waals surface area contributed by atoms with Crippen LogP contribution < -0.4 is 10.1 Å². The maximum atomic E-state index is 13.1. The van der Waals surface area contributed by atoms with Gasteiger partial charge in [0.05, 0.1) is 22.1 Å². The summed E-state index contributed by atoms with van der Waals surface area (Å²) in [6, 6.07) is 2.01. The van der Waals surface area contributed by atoms with Crippen LogP contribution in [0.25, 0.3) is 0 Å². The molecule has 0 atom stereocenters. The van der Waals surface area contributed by atoms with Gasteiger partial charge in [-0.15, -0.1) is 0 Å². The molecule has 0 aliphatic heterocycles. The molecule has 1 aromatic carbocycles. The summed E-state index contributed by atoms with van der Waals surface area (Å²) in [5.74, 6) is -0.600. The zero-order valence-electron chi connectivity index (χ0n) is 10.6. The second-order valence-electron chi connectivity index (χ2n) is 3.94. The summed E-state index contributed by atoms with van der Waals surface area (Å²) in [4.78, 5) is 10.2. The molecule has 0 radical (unpaired) electrons. The molecule has 1 aromatic rings. The highest BCUT2D eigenvalue weighted by molar-refractivity contribution is 9.10. The summed E-state index contributed by atoms with van der Waals surface area (Å²) in [5, 5.41) is 14.0. The third kappa shape index (κ3) is 5.12. The molecule has 0 fully saturated rings. The van der Waals surface area contributed by atoms with Gasteiger partial charge in [-0.25, -0.2) is 4.39 Å². The first-order chi connectivity index (χ1) is 9.06. The molecule has 19 heavy (non-hydrogen) atoms. The first-order valence-corrected chi connectivity index (χ1v) is 6.82. The lowest BCUT2D eigenvalue weighted by molar-refractivity contribution is -0.386. The highest BCUT2D eigenvalue weighted by Crippen LogP contribution is 2.35. The summed E-state index contributed by atoms with van der Waals surface area (Å²) >= 11 is 3.08. The van der Waals surface area contributed by atoms with E-state index in [2.05, 4.69) is 28.2 Å². The quantitative estimate of drug-likeness (QED) is 0.450. The van der Waals surface area contributed by atoms with Crippen LogP contribution in [-0.4, -0.2) is 24.6 Å². The predicted molar refractivity (Wildman–Crippen MR) is 74.0 cm³/mol. The fraction of sp³-hybridized carbons (Fsp3) is 0.500. The number of benzene rings is 1. The zero-order chi connectivity index (χ0) is 14.3. The molecule has 106 valence electrons. The molecule has 0 spiro atoms. The summed E-state index contributed by atoms with van der Waals surface area (Å²) in [6.07, 6.45) is 1.77. The van der Waals surface area contributed by atoms with E-state index in [1.165, 1.54) is 0 Å². The van der Waals surface area contributed by atoms with Crippen LogP contribution in [0.15, 0.2) is 16.6 Å². The average molecular weight is 335 g/mol. The van der Waals surface area contributed by atoms with Crippen LogP contribution in [0.4, 0.5) is 10.1 Å². The molecule has 1 rings (SSSR count). The van der Waals surface area contributed by atoms with E-state index in [4.69, 9.17) is 4.74 Å². The fourth-order valence-electron chi connectivity index (χ4n) is 1.50. The van der Waals surface area contributed by atoms with Crippen molar-refractivity contribution < 1.29 is 14.1 Å². The molecule has 0 heterocycles. The third-order valence-corrected chi connectivity index (χ3v) is 2.95. The molecule has 0 saturated heterocycles. The number of ether oxygens (including phenoxy) is 1. The molecular weight excluding hydrogens is 319 g/mol. The average Bonchev–Trinajstić information content (AvgIpc) is 2.34. The SMILES string of the molecule is CCCNCCCOc1c(Br)cc(F)cc1[N+](=O)[O-]. The van der Waals surface area contributed by atoms with E-state index in [1.807, 2.05) is 0 Å². The third-order valence-electron chi connectivity index (χ3n) is 2.36. The van der Waals surface area contributed by atoms with E-state index in [9.17, 15) is 14.5 Å². The normalized spacial score (nSPS) is 10.5. The number of nitrogens with one attached hydrogen (secondary N) is 1. The van der Waals surface area contributed by atoms with E-state index in [-0.39, 0.29) is 15.9 Å². The highest BCUT2D eigenvalue weighted by atomic mass is 79.9. The number of nitro groups is 1. The smallest absolute Gasteiger partial charge is 0.315 e. The Kier molecular flexibility index (Phi) is 6.72. The van der Waals surface area contributed by atoms with Crippen molar-refractivity contribution in [3.8, 4) is 5.75 Å². The molecule has 0 aromatic heterocycles. The Morgan fingerprint density at radius 3 is 2.84 bits per heavy atom. The molecular formula is C12H16BrFN2O3. The van der Waals surface area contributed by atoms with Crippen LogP contribution in [0.2, 0.25) is 0 Å². The van der Waals surface area contributed by atoms with Gasteiger partial charge in [-0.05, 0) is 47.9 Å². The van der Waals surface area contributed by atoms with Gasteiger partial charge in [0.25, 0.3) is 0 Å². The lowest BCUT2D eigenvalue weighted by Crippen LogP contribution is -2.18. The van der Waals surface area contributed by atoms with E-state index in [0.717, 1.165) is 38.1 Å². The second-order valence-corrected chi connectivity index (χ2v) is 4.80.